The van der Waals surface area contributed by atoms with Gasteiger partial charge in [0.15, 0.2) is 0 Å². The highest BCUT2D eigenvalue weighted by Crippen LogP contribution is 2.30. The van der Waals surface area contributed by atoms with E-state index in [-0.39, 0.29) is 23.8 Å². The van der Waals surface area contributed by atoms with Gasteiger partial charge in [-0.3, -0.25) is 4.79 Å². The van der Waals surface area contributed by atoms with Crippen LogP contribution in [0.3, 0.4) is 0 Å². The minimum absolute atomic E-state index is 0.150. The molecule has 21 heavy (non-hydrogen) atoms. The number of nitrogens with zero attached hydrogens (tertiary/aromatic N) is 1. The van der Waals surface area contributed by atoms with E-state index in [4.69, 9.17) is 5.73 Å². The first-order valence-electron chi connectivity index (χ1n) is 7.64. The zero-order valence-electron chi connectivity index (χ0n) is 12.3. The van der Waals surface area contributed by atoms with Gasteiger partial charge in [0, 0.05) is 31.6 Å². The maximum atomic E-state index is 14.3. The molecule has 0 aliphatic carbocycles. The van der Waals surface area contributed by atoms with Crippen LogP contribution in [0.15, 0.2) is 18.2 Å². The molecule has 0 saturated carbocycles. The van der Waals surface area contributed by atoms with Gasteiger partial charge in [0.05, 0.1) is 5.69 Å². The fourth-order valence-electron chi connectivity index (χ4n) is 3.39. The molecule has 114 valence electrons. The summed E-state index contributed by atoms with van der Waals surface area (Å²) in [5, 5.41) is 3.05. The summed E-state index contributed by atoms with van der Waals surface area (Å²) in [6.45, 7) is 3.43. The van der Waals surface area contributed by atoms with Crippen molar-refractivity contribution >= 4 is 11.6 Å². The molecule has 2 aliphatic rings. The Morgan fingerprint density at radius 3 is 2.95 bits per heavy atom. The molecule has 0 aromatic heterocycles. The number of carbonyl (C=O) groups is 1. The van der Waals surface area contributed by atoms with Crippen molar-refractivity contribution in [2.24, 2.45) is 11.7 Å². The Balaban J connectivity index is 1.75. The van der Waals surface area contributed by atoms with E-state index in [1.807, 2.05) is 19.1 Å². The molecule has 0 bridgehead atoms. The Kier molecular flexibility index (Phi) is 3.85. The summed E-state index contributed by atoms with van der Waals surface area (Å²) in [4.78, 5) is 13.5. The monoisotopic (exact) mass is 291 g/mol. The van der Waals surface area contributed by atoms with Crippen LogP contribution in [0.4, 0.5) is 10.1 Å². The summed E-state index contributed by atoms with van der Waals surface area (Å²) in [7, 11) is 0. The van der Waals surface area contributed by atoms with Crippen LogP contribution in [0.2, 0.25) is 0 Å². The molecule has 1 amide bonds. The molecule has 3 rings (SSSR count). The molecule has 2 fully saturated rings. The first-order valence-corrected chi connectivity index (χ1v) is 7.64. The number of nitrogens with two attached hydrogens (primary N) is 1. The Bertz CT molecular complexity index is 546. The third-order valence-corrected chi connectivity index (χ3v) is 4.66. The molecular formula is C16H22FN3O. The molecule has 0 spiro atoms. The van der Waals surface area contributed by atoms with Gasteiger partial charge in [-0.25, -0.2) is 4.39 Å². The van der Waals surface area contributed by atoms with E-state index in [9.17, 15) is 9.18 Å². The third-order valence-electron chi connectivity index (χ3n) is 4.66. The molecule has 3 N–H and O–H groups in total. The Morgan fingerprint density at radius 1 is 1.43 bits per heavy atom. The molecule has 2 heterocycles. The van der Waals surface area contributed by atoms with E-state index in [0.29, 0.717) is 18.0 Å². The fourth-order valence-corrected chi connectivity index (χ4v) is 3.39. The quantitative estimate of drug-likeness (QED) is 0.875. The molecule has 5 heteroatoms. The molecule has 1 aromatic rings. The molecule has 2 saturated heterocycles. The van der Waals surface area contributed by atoms with Gasteiger partial charge in [0.25, 0.3) is 0 Å². The van der Waals surface area contributed by atoms with Gasteiger partial charge in [-0.05, 0) is 43.4 Å². The minimum Gasteiger partial charge on any atom is -0.369 e. The van der Waals surface area contributed by atoms with Gasteiger partial charge < -0.3 is 16.0 Å². The highest BCUT2D eigenvalue weighted by molar-refractivity contribution is 5.77. The van der Waals surface area contributed by atoms with Crippen molar-refractivity contribution in [1.29, 1.82) is 0 Å². The van der Waals surface area contributed by atoms with Gasteiger partial charge >= 0.3 is 0 Å². The van der Waals surface area contributed by atoms with E-state index >= 15 is 0 Å². The van der Waals surface area contributed by atoms with Crippen LogP contribution in [0.1, 0.15) is 37.8 Å². The van der Waals surface area contributed by atoms with Crippen LogP contribution in [0.25, 0.3) is 0 Å². The number of halogens is 1. The topological polar surface area (TPSA) is 58.4 Å². The second-order valence-corrected chi connectivity index (χ2v) is 6.21. The maximum Gasteiger partial charge on any atom is 0.220 e. The van der Waals surface area contributed by atoms with Gasteiger partial charge in [-0.1, -0.05) is 6.07 Å². The zero-order valence-corrected chi connectivity index (χ0v) is 12.3. The van der Waals surface area contributed by atoms with Crippen molar-refractivity contribution in [3.05, 3.63) is 29.6 Å². The molecule has 3 atom stereocenters. The van der Waals surface area contributed by atoms with Gasteiger partial charge in [-0.2, -0.15) is 0 Å². The Hall–Kier alpha value is -1.62. The predicted molar refractivity (Wildman–Crippen MR) is 80.5 cm³/mol. The molecule has 2 aliphatic heterocycles. The van der Waals surface area contributed by atoms with Crippen molar-refractivity contribution in [1.82, 2.24) is 5.32 Å². The van der Waals surface area contributed by atoms with Gasteiger partial charge in [0.1, 0.15) is 5.82 Å². The second kappa shape index (κ2) is 5.64. The van der Waals surface area contributed by atoms with Crippen molar-refractivity contribution in [2.75, 3.05) is 18.0 Å². The number of rotatable bonds is 2. The number of nitrogens with one attached hydrogen (secondary N) is 1. The zero-order chi connectivity index (χ0) is 15.0. The number of fused-ring (bicyclic) bond motifs is 1. The lowest BCUT2D eigenvalue weighted by atomic mass is 9.85. The van der Waals surface area contributed by atoms with Crippen LogP contribution in [-0.4, -0.2) is 25.0 Å². The maximum absolute atomic E-state index is 14.3. The number of carbonyl (C=O) groups excluding carboxylic acids is 1. The molecule has 4 nitrogen and oxygen atoms in total. The largest absolute Gasteiger partial charge is 0.369 e. The molecule has 0 radical (unpaired) electrons. The number of hydrogen-bond donors (Lipinski definition) is 2. The second-order valence-electron chi connectivity index (χ2n) is 6.21. The van der Waals surface area contributed by atoms with Crippen LogP contribution in [-0.2, 0) is 4.79 Å². The molecule has 1 aromatic carbocycles. The third kappa shape index (κ3) is 2.88. The minimum atomic E-state index is -0.205. The lowest BCUT2D eigenvalue weighted by molar-refractivity contribution is -0.124. The molecular weight excluding hydrogens is 269 g/mol. The molecule has 3 unspecified atom stereocenters. The fraction of sp³-hybridized carbons (Fsp3) is 0.562. The van der Waals surface area contributed by atoms with Crippen LogP contribution >= 0.6 is 0 Å². The lowest BCUT2D eigenvalue weighted by Gasteiger charge is -2.42. The van der Waals surface area contributed by atoms with Crippen molar-refractivity contribution in [3.63, 3.8) is 0 Å². The number of piperidine rings is 2. The van der Waals surface area contributed by atoms with Crippen molar-refractivity contribution in [2.45, 2.75) is 38.3 Å². The number of amides is 1. The SMILES string of the molecule is CC(N)c1ccc(N2CCC3NC(=O)CCC3C2)c(F)c1. The summed E-state index contributed by atoms with van der Waals surface area (Å²) in [6, 6.07) is 5.37. The average molecular weight is 291 g/mol. The van der Waals surface area contributed by atoms with Crippen molar-refractivity contribution < 1.29 is 9.18 Å². The Labute approximate surface area is 124 Å². The summed E-state index contributed by atoms with van der Waals surface area (Å²) in [5.74, 6) is 0.365. The van der Waals surface area contributed by atoms with E-state index in [2.05, 4.69) is 10.2 Å². The Morgan fingerprint density at radius 2 is 2.24 bits per heavy atom. The van der Waals surface area contributed by atoms with E-state index in [1.165, 1.54) is 6.07 Å². The summed E-state index contributed by atoms with van der Waals surface area (Å²) < 4.78 is 14.3. The standard InChI is InChI=1S/C16H22FN3O/c1-10(18)11-2-4-15(13(17)8-11)20-7-6-14-12(9-20)3-5-16(21)19-14/h2,4,8,10,12,14H,3,5-7,9,18H2,1H3,(H,19,21). The average Bonchev–Trinajstić information content (AvgIpc) is 2.46. The predicted octanol–water partition coefficient (Wildman–Crippen LogP) is 1.95. The first kappa shape index (κ1) is 14.3. The number of anilines is 1. The highest BCUT2D eigenvalue weighted by Gasteiger charge is 2.34. The lowest BCUT2D eigenvalue weighted by Crippen LogP contribution is -2.54. The summed E-state index contributed by atoms with van der Waals surface area (Å²) >= 11 is 0. The van der Waals surface area contributed by atoms with Crippen molar-refractivity contribution in [3.8, 4) is 0 Å². The summed E-state index contributed by atoms with van der Waals surface area (Å²) in [5.41, 5.74) is 7.25. The van der Waals surface area contributed by atoms with E-state index in [0.717, 1.165) is 31.5 Å². The normalized spacial score (nSPS) is 27.0. The smallest absolute Gasteiger partial charge is 0.220 e. The van der Waals surface area contributed by atoms with Crippen LogP contribution in [0, 0.1) is 11.7 Å². The van der Waals surface area contributed by atoms with E-state index < -0.39 is 0 Å². The highest BCUT2D eigenvalue weighted by atomic mass is 19.1. The van der Waals surface area contributed by atoms with Gasteiger partial charge in [0.2, 0.25) is 5.91 Å². The number of benzene rings is 1. The van der Waals surface area contributed by atoms with Crippen LogP contribution in [0.5, 0.6) is 0 Å². The number of hydrogen-bond acceptors (Lipinski definition) is 3. The first-order chi connectivity index (χ1) is 10.0. The van der Waals surface area contributed by atoms with Crippen LogP contribution < -0.4 is 16.0 Å². The summed E-state index contributed by atoms with van der Waals surface area (Å²) in [6.07, 6.45) is 2.36. The van der Waals surface area contributed by atoms with Gasteiger partial charge in [-0.15, -0.1) is 0 Å². The van der Waals surface area contributed by atoms with E-state index in [1.54, 1.807) is 0 Å².